The molecule has 3 rings (SSSR count). The number of likely N-dealkylation sites (tertiary alicyclic amines) is 1. The van der Waals surface area contributed by atoms with Crippen LogP contribution in [0.15, 0.2) is 24.5 Å². The number of methoxy groups -OCH3 is 1. The fraction of sp³-hybridized carbons (Fsp3) is 0.500. The van der Waals surface area contributed by atoms with Gasteiger partial charge in [-0.05, 0) is 26.8 Å². The summed E-state index contributed by atoms with van der Waals surface area (Å²) in [5.41, 5.74) is -0.192. The van der Waals surface area contributed by atoms with E-state index in [9.17, 15) is 14.9 Å². The Labute approximate surface area is 162 Å². The third kappa shape index (κ3) is 4.21. The number of nitro groups is 1. The van der Waals surface area contributed by atoms with Gasteiger partial charge >= 0.3 is 11.8 Å². The molecule has 1 fully saturated rings. The van der Waals surface area contributed by atoms with Crippen molar-refractivity contribution in [3.05, 3.63) is 34.6 Å². The van der Waals surface area contributed by atoms with Crippen molar-refractivity contribution in [2.75, 3.05) is 20.2 Å². The average Bonchev–Trinajstić information content (AvgIpc) is 3.03. The van der Waals surface area contributed by atoms with Gasteiger partial charge in [0, 0.05) is 31.6 Å². The average molecular weight is 389 g/mol. The Morgan fingerprint density at radius 3 is 2.68 bits per heavy atom. The number of rotatable bonds is 5. The number of hydrogen-bond acceptors (Lipinski definition) is 7. The summed E-state index contributed by atoms with van der Waals surface area (Å²) >= 11 is 0. The van der Waals surface area contributed by atoms with Crippen LogP contribution < -0.4 is 4.74 Å². The molecular weight excluding hydrogens is 366 g/mol. The first-order chi connectivity index (χ1) is 13.2. The minimum atomic E-state index is -0.514. The van der Waals surface area contributed by atoms with Crippen LogP contribution in [0.4, 0.5) is 10.5 Å². The topological polar surface area (TPSA) is 113 Å². The Morgan fingerprint density at radius 1 is 1.36 bits per heavy atom. The predicted octanol–water partition coefficient (Wildman–Crippen LogP) is 2.73. The van der Waals surface area contributed by atoms with Crippen molar-refractivity contribution in [2.24, 2.45) is 5.92 Å². The van der Waals surface area contributed by atoms with Crippen LogP contribution in [0.3, 0.4) is 0 Å². The van der Waals surface area contributed by atoms with Crippen LogP contribution in [0.2, 0.25) is 0 Å². The van der Waals surface area contributed by atoms with Gasteiger partial charge in [0.15, 0.2) is 5.82 Å². The van der Waals surface area contributed by atoms with Gasteiger partial charge in [0.05, 0.1) is 17.6 Å². The molecule has 0 unspecified atom stereocenters. The summed E-state index contributed by atoms with van der Waals surface area (Å²) in [5.74, 6) is 0.725. The highest BCUT2D eigenvalue weighted by molar-refractivity contribution is 5.70. The molecule has 1 aromatic carbocycles. The number of ether oxygens (including phenoxy) is 2. The Hall–Kier alpha value is -3.17. The maximum atomic E-state index is 12.0. The van der Waals surface area contributed by atoms with E-state index in [0.717, 1.165) is 0 Å². The Bertz CT molecular complexity index is 883. The van der Waals surface area contributed by atoms with Gasteiger partial charge in [-0.1, -0.05) is 6.07 Å². The zero-order chi connectivity index (χ0) is 20.5. The molecular formula is C18H23N5O5. The van der Waals surface area contributed by atoms with Crippen molar-refractivity contribution in [1.82, 2.24) is 19.7 Å². The number of carbonyl (C=O) groups is 1. The van der Waals surface area contributed by atoms with Crippen LogP contribution in [0, 0.1) is 16.0 Å². The number of amides is 1. The number of benzene rings is 1. The molecule has 1 amide bonds. The summed E-state index contributed by atoms with van der Waals surface area (Å²) in [7, 11) is 1.38. The van der Waals surface area contributed by atoms with E-state index in [0.29, 0.717) is 31.0 Å². The highest BCUT2D eigenvalue weighted by atomic mass is 16.6. The van der Waals surface area contributed by atoms with E-state index in [4.69, 9.17) is 9.47 Å². The monoisotopic (exact) mass is 389 g/mol. The molecule has 0 atom stereocenters. The van der Waals surface area contributed by atoms with Crippen LogP contribution in [0.25, 0.3) is 11.4 Å². The minimum Gasteiger partial charge on any atom is -0.490 e. The van der Waals surface area contributed by atoms with Crippen molar-refractivity contribution in [3.8, 4) is 17.1 Å². The normalized spacial score (nSPS) is 14.5. The fourth-order valence-corrected chi connectivity index (χ4v) is 2.99. The van der Waals surface area contributed by atoms with Gasteiger partial charge in [0.2, 0.25) is 5.75 Å². The first-order valence-electron chi connectivity index (χ1n) is 8.87. The Balaban J connectivity index is 1.65. The van der Waals surface area contributed by atoms with Crippen LogP contribution >= 0.6 is 0 Å². The SMILES string of the molecule is COc1c(-c2ncn(CC3CN(C(=O)OC(C)(C)C)C3)n2)cccc1[N+](=O)[O-]. The lowest BCUT2D eigenvalue weighted by molar-refractivity contribution is -0.385. The van der Waals surface area contributed by atoms with Crippen LogP contribution in [-0.4, -0.2) is 56.5 Å². The maximum absolute atomic E-state index is 12.0. The van der Waals surface area contributed by atoms with Crippen molar-refractivity contribution in [1.29, 1.82) is 0 Å². The Kier molecular flexibility index (Phi) is 5.21. The second kappa shape index (κ2) is 7.45. The van der Waals surface area contributed by atoms with Gasteiger partial charge < -0.3 is 14.4 Å². The molecule has 10 nitrogen and oxygen atoms in total. The standard InChI is InChI=1S/C18H23N5O5/c1-18(2,3)28-17(24)21-8-12(9-21)10-22-11-19-16(20-22)13-6-5-7-14(23(25)26)15(13)27-4/h5-7,11-12H,8-10H2,1-4H3. The molecule has 28 heavy (non-hydrogen) atoms. The van der Waals surface area contributed by atoms with E-state index in [1.807, 2.05) is 20.8 Å². The second-order valence-corrected chi connectivity index (χ2v) is 7.66. The zero-order valence-corrected chi connectivity index (χ0v) is 16.3. The molecule has 0 bridgehead atoms. The first-order valence-corrected chi connectivity index (χ1v) is 8.87. The summed E-state index contributed by atoms with van der Waals surface area (Å²) in [6.07, 6.45) is 1.26. The molecule has 1 aromatic heterocycles. The third-order valence-electron chi connectivity index (χ3n) is 4.23. The molecule has 0 spiro atoms. The smallest absolute Gasteiger partial charge is 0.410 e. The molecule has 0 saturated carbocycles. The molecule has 1 saturated heterocycles. The number of carbonyl (C=O) groups excluding carboxylic acids is 1. The van der Waals surface area contributed by atoms with E-state index in [2.05, 4.69) is 10.1 Å². The lowest BCUT2D eigenvalue weighted by Gasteiger charge is -2.39. The molecule has 0 radical (unpaired) electrons. The predicted molar refractivity (Wildman–Crippen MR) is 100.0 cm³/mol. The van der Waals surface area contributed by atoms with E-state index < -0.39 is 10.5 Å². The zero-order valence-electron chi connectivity index (χ0n) is 16.3. The minimum absolute atomic E-state index is 0.130. The highest BCUT2D eigenvalue weighted by Crippen LogP contribution is 2.36. The van der Waals surface area contributed by atoms with E-state index >= 15 is 0 Å². The third-order valence-corrected chi connectivity index (χ3v) is 4.23. The van der Waals surface area contributed by atoms with Gasteiger partial charge in [-0.3, -0.25) is 14.8 Å². The summed E-state index contributed by atoms with van der Waals surface area (Å²) in [6.45, 7) is 7.27. The maximum Gasteiger partial charge on any atom is 0.410 e. The number of hydrogen-bond donors (Lipinski definition) is 0. The number of nitro benzene ring substituents is 1. The largest absolute Gasteiger partial charge is 0.490 e. The van der Waals surface area contributed by atoms with Crippen LogP contribution in [-0.2, 0) is 11.3 Å². The van der Waals surface area contributed by atoms with Gasteiger partial charge in [0.1, 0.15) is 11.9 Å². The molecule has 150 valence electrons. The van der Waals surface area contributed by atoms with Crippen LogP contribution in [0.5, 0.6) is 5.75 Å². The lowest BCUT2D eigenvalue weighted by Crippen LogP contribution is -2.52. The summed E-state index contributed by atoms with van der Waals surface area (Å²) in [6, 6.07) is 4.62. The quantitative estimate of drug-likeness (QED) is 0.571. The number of aromatic nitrogens is 3. The van der Waals surface area contributed by atoms with Crippen LogP contribution in [0.1, 0.15) is 20.8 Å². The van der Waals surface area contributed by atoms with Crippen molar-refractivity contribution in [2.45, 2.75) is 32.9 Å². The lowest BCUT2D eigenvalue weighted by atomic mass is 10.0. The van der Waals surface area contributed by atoms with Gasteiger partial charge in [0.25, 0.3) is 0 Å². The first kappa shape index (κ1) is 19.6. The van der Waals surface area contributed by atoms with Gasteiger partial charge in [-0.2, -0.15) is 5.10 Å². The molecule has 1 aliphatic heterocycles. The fourth-order valence-electron chi connectivity index (χ4n) is 2.99. The van der Waals surface area contributed by atoms with E-state index in [1.165, 1.54) is 13.2 Å². The summed E-state index contributed by atoms with van der Waals surface area (Å²) in [5, 5.41) is 15.6. The molecule has 1 aliphatic rings. The van der Waals surface area contributed by atoms with Crippen molar-refractivity contribution >= 4 is 11.8 Å². The van der Waals surface area contributed by atoms with Crippen molar-refractivity contribution in [3.63, 3.8) is 0 Å². The molecule has 2 aromatic rings. The highest BCUT2D eigenvalue weighted by Gasteiger charge is 2.34. The molecule has 2 heterocycles. The number of nitrogens with zero attached hydrogens (tertiary/aromatic N) is 5. The Morgan fingerprint density at radius 2 is 2.07 bits per heavy atom. The van der Waals surface area contributed by atoms with Gasteiger partial charge in [-0.15, -0.1) is 0 Å². The second-order valence-electron chi connectivity index (χ2n) is 7.66. The molecule has 0 N–H and O–H groups in total. The molecule has 10 heteroatoms. The summed E-state index contributed by atoms with van der Waals surface area (Å²) in [4.78, 5) is 28.6. The van der Waals surface area contributed by atoms with Crippen molar-refractivity contribution < 1.29 is 19.2 Å². The van der Waals surface area contributed by atoms with E-state index in [1.54, 1.807) is 28.0 Å². The summed E-state index contributed by atoms with van der Waals surface area (Å²) < 4.78 is 12.2. The number of para-hydroxylation sites is 1. The van der Waals surface area contributed by atoms with E-state index in [-0.39, 0.29) is 23.4 Å². The van der Waals surface area contributed by atoms with Gasteiger partial charge in [-0.25, -0.2) is 9.78 Å². The molecule has 0 aliphatic carbocycles.